The Hall–Kier alpha value is -3.62. The van der Waals surface area contributed by atoms with E-state index in [2.05, 4.69) is 24.7 Å². The number of imidazole rings is 1. The molecular formula is C22H25N5O4. The van der Waals surface area contributed by atoms with Crippen LogP contribution >= 0.6 is 0 Å². The molecule has 0 atom stereocenters. The lowest BCUT2D eigenvalue weighted by Crippen LogP contribution is -2.20. The van der Waals surface area contributed by atoms with Gasteiger partial charge in [-0.05, 0) is 26.7 Å². The van der Waals surface area contributed by atoms with E-state index in [9.17, 15) is 9.59 Å². The van der Waals surface area contributed by atoms with Crippen LogP contribution in [0.1, 0.15) is 53.5 Å². The number of rotatable bonds is 10. The minimum Gasteiger partial charge on any atom is -0.461 e. The number of ether oxygens (including phenoxy) is 2. The van der Waals surface area contributed by atoms with E-state index >= 15 is 0 Å². The van der Waals surface area contributed by atoms with Gasteiger partial charge in [0.2, 0.25) is 5.69 Å². The van der Waals surface area contributed by atoms with E-state index in [4.69, 9.17) is 9.47 Å². The fourth-order valence-electron chi connectivity index (χ4n) is 3.05. The normalized spacial score (nSPS) is 10.6. The Kier molecular flexibility index (Phi) is 7.80. The Labute approximate surface area is 180 Å². The van der Waals surface area contributed by atoms with Crippen LogP contribution in [0, 0.1) is 0 Å². The highest BCUT2D eigenvalue weighted by Gasteiger charge is 2.24. The molecule has 0 saturated carbocycles. The zero-order valence-corrected chi connectivity index (χ0v) is 17.7. The molecule has 0 radical (unpaired) electrons. The van der Waals surface area contributed by atoms with Crippen molar-refractivity contribution in [2.75, 3.05) is 13.2 Å². The second-order valence-corrected chi connectivity index (χ2v) is 6.63. The molecule has 1 aromatic carbocycles. The molecule has 9 nitrogen and oxygen atoms in total. The standard InChI is InChI=1S/C22H25N5O4/c1-3-30-21(28)18-19(22(29)31-4-2)26-25-17(24-18)12-8-9-14-27-15-13-23-20(27)16-10-6-5-7-11-16/h5-7,10-11,13,15H,3-4,8-9,12,14H2,1-2H3. The van der Waals surface area contributed by atoms with E-state index in [1.807, 2.05) is 36.5 Å². The summed E-state index contributed by atoms with van der Waals surface area (Å²) >= 11 is 0. The average Bonchev–Trinajstić information content (AvgIpc) is 3.26. The van der Waals surface area contributed by atoms with E-state index in [1.54, 1.807) is 20.0 Å². The van der Waals surface area contributed by atoms with E-state index in [-0.39, 0.29) is 24.6 Å². The van der Waals surface area contributed by atoms with Gasteiger partial charge in [-0.1, -0.05) is 30.3 Å². The number of hydrogen-bond donors (Lipinski definition) is 0. The third-order valence-electron chi connectivity index (χ3n) is 4.47. The maximum atomic E-state index is 12.2. The molecule has 3 rings (SSSR count). The Morgan fingerprint density at radius 2 is 1.65 bits per heavy atom. The highest BCUT2D eigenvalue weighted by molar-refractivity contribution is 6.00. The number of aryl methyl sites for hydroxylation is 2. The fourth-order valence-corrected chi connectivity index (χ4v) is 3.05. The molecule has 0 N–H and O–H groups in total. The lowest BCUT2D eigenvalue weighted by molar-refractivity contribution is 0.0465. The summed E-state index contributed by atoms with van der Waals surface area (Å²) in [7, 11) is 0. The summed E-state index contributed by atoms with van der Waals surface area (Å²) in [5.74, 6) is -0.162. The molecule has 0 bridgehead atoms. The molecule has 0 aliphatic rings. The van der Waals surface area contributed by atoms with Crippen LogP contribution in [0.15, 0.2) is 42.7 Å². The van der Waals surface area contributed by atoms with E-state index in [1.165, 1.54) is 0 Å². The zero-order chi connectivity index (χ0) is 22.1. The summed E-state index contributed by atoms with van der Waals surface area (Å²) in [6.07, 6.45) is 5.88. The molecule has 0 saturated heterocycles. The topological polar surface area (TPSA) is 109 Å². The molecule has 0 aliphatic heterocycles. The smallest absolute Gasteiger partial charge is 0.361 e. The van der Waals surface area contributed by atoms with Gasteiger partial charge >= 0.3 is 11.9 Å². The van der Waals surface area contributed by atoms with Crippen LogP contribution in [-0.2, 0) is 22.4 Å². The third kappa shape index (κ3) is 5.71. The van der Waals surface area contributed by atoms with E-state index in [0.717, 1.165) is 30.8 Å². The number of nitrogens with zero attached hydrogens (tertiary/aromatic N) is 5. The van der Waals surface area contributed by atoms with E-state index in [0.29, 0.717) is 12.2 Å². The van der Waals surface area contributed by atoms with Crippen molar-refractivity contribution >= 4 is 11.9 Å². The number of esters is 2. The van der Waals surface area contributed by atoms with Gasteiger partial charge in [-0.2, -0.15) is 0 Å². The minimum absolute atomic E-state index is 0.156. The SMILES string of the molecule is CCOC(=O)c1nnc(CCCCn2ccnc2-c2ccccc2)nc1C(=O)OCC. The first-order chi connectivity index (χ1) is 15.1. The summed E-state index contributed by atoms with van der Waals surface area (Å²) in [4.78, 5) is 32.9. The number of benzene rings is 1. The maximum absolute atomic E-state index is 12.2. The molecule has 2 aromatic heterocycles. The third-order valence-corrected chi connectivity index (χ3v) is 4.47. The van der Waals surface area contributed by atoms with Crippen molar-refractivity contribution in [2.45, 2.75) is 39.7 Å². The second kappa shape index (κ2) is 11.0. The number of aromatic nitrogens is 5. The molecule has 0 amide bonds. The predicted octanol–water partition coefficient (Wildman–Crippen LogP) is 3.11. The number of hydrogen-bond acceptors (Lipinski definition) is 8. The molecule has 0 fully saturated rings. The first-order valence-electron chi connectivity index (χ1n) is 10.3. The largest absolute Gasteiger partial charge is 0.461 e. The van der Waals surface area contributed by atoms with Crippen LogP contribution in [0.5, 0.6) is 0 Å². The molecule has 0 spiro atoms. The van der Waals surface area contributed by atoms with Gasteiger partial charge in [-0.15, -0.1) is 10.2 Å². The molecular weight excluding hydrogens is 398 g/mol. The average molecular weight is 423 g/mol. The Morgan fingerprint density at radius 3 is 2.35 bits per heavy atom. The van der Waals surface area contributed by atoms with Crippen molar-refractivity contribution in [3.8, 4) is 11.4 Å². The molecule has 3 aromatic rings. The van der Waals surface area contributed by atoms with Gasteiger partial charge in [0.05, 0.1) is 13.2 Å². The Balaban J connectivity index is 1.63. The maximum Gasteiger partial charge on any atom is 0.361 e. The predicted molar refractivity (Wildman–Crippen MR) is 112 cm³/mol. The van der Waals surface area contributed by atoms with Gasteiger partial charge in [0, 0.05) is 30.9 Å². The lowest BCUT2D eigenvalue weighted by Gasteiger charge is -2.09. The summed E-state index contributed by atoms with van der Waals surface area (Å²) in [5, 5.41) is 7.88. The van der Waals surface area contributed by atoms with Gasteiger partial charge in [-0.3, -0.25) is 0 Å². The number of carbonyl (C=O) groups excluding carboxylic acids is 2. The summed E-state index contributed by atoms with van der Waals surface area (Å²) < 4.78 is 12.0. The molecule has 2 heterocycles. The Morgan fingerprint density at radius 1 is 0.935 bits per heavy atom. The van der Waals surface area contributed by atoms with Crippen molar-refractivity contribution < 1.29 is 19.1 Å². The number of unbranched alkanes of at least 4 members (excludes halogenated alkanes) is 1. The highest BCUT2D eigenvalue weighted by atomic mass is 16.5. The first-order valence-corrected chi connectivity index (χ1v) is 10.3. The van der Waals surface area contributed by atoms with Gasteiger partial charge in [0.25, 0.3) is 0 Å². The summed E-state index contributed by atoms with van der Waals surface area (Å²) in [6.45, 7) is 4.44. The highest BCUT2D eigenvalue weighted by Crippen LogP contribution is 2.17. The first kappa shape index (κ1) is 22.1. The lowest BCUT2D eigenvalue weighted by atomic mass is 10.2. The molecule has 9 heteroatoms. The van der Waals surface area contributed by atoms with Gasteiger partial charge in [-0.25, -0.2) is 19.6 Å². The quantitative estimate of drug-likeness (QED) is 0.361. The molecule has 162 valence electrons. The van der Waals surface area contributed by atoms with Crippen LogP contribution in [0.25, 0.3) is 11.4 Å². The molecule has 31 heavy (non-hydrogen) atoms. The van der Waals surface area contributed by atoms with Gasteiger partial charge < -0.3 is 14.0 Å². The second-order valence-electron chi connectivity index (χ2n) is 6.63. The van der Waals surface area contributed by atoms with Gasteiger partial charge in [0.15, 0.2) is 11.5 Å². The number of carbonyl (C=O) groups is 2. The van der Waals surface area contributed by atoms with E-state index < -0.39 is 11.9 Å². The van der Waals surface area contributed by atoms with Crippen molar-refractivity contribution in [3.05, 3.63) is 59.9 Å². The van der Waals surface area contributed by atoms with Crippen LogP contribution in [-0.4, -0.2) is 49.9 Å². The minimum atomic E-state index is -0.745. The van der Waals surface area contributed by atoms with Gasteiger partial charge in [0.1, 0.15) is 5.82 Å². The monoisotopic (exact) mass is 423 g/mol. The Bertz CT molecular complexity index is 1020. The van der Waals surface area contributed by atoms with Crippen molar-refractivity contribution in [1.29, 1.82) is 0 Å². The molecule has 0 aliphatic carbocycles. The fraction of sp³-hybridized carbons (Fsp3) is 0.364. The summed E-state index contributed by atoms with van der Waals surface area (Å²) in [5.41, 5.74) is 0.676. The van der Waals surface area contributed by atoms with Crippen molar-refractivity contribution in [3.63, 3.8) is 0 Å². The van der Waals surface area contributed by atoms with Crippen LogP contribution < -0.4 is 0 Å². The van der Waals surface area contributed by atoms with Crippen LogP contribution in [0.3, 0.4) is 0 Å². The molecule has 0 unspecified atom stereocenters. The van der Waals surface area contributed by atoms with Crippen molar-refractivity contribution in [2.24, 2.45) is 0 Å². The van der Waals surface area contributed by atoms with Crippen molar-refractivity contribution in [1.82, 2.24) is 24.7 Å². The van der Waals surface area contributed by atoms with Crippen LogP contribution in [0.2, 0.25) is 0 Å². The summed E-state index contributed by atoms with van der Waals surface area (Å²) in [6, 6.07) is 10.0. The zero-order valence-electron chi connectivity index (χ0n) is 17.7. The van der Waals surface area contributed by atoms with Crippen LogP contribution in [0.4, 0.5) is 0 Å².